The molecule has 1 unspecified atom stereocenters. The fourth-order valence-electron chi connectivity index (χ4n) is 2.45. The summed E-state index contributed by atoms with van der Waals surface area (Å²) in [6.45, 7) is 6.06. The Balaban J connectivity index is 2.45. The van der Waals surface area contributed by atoms with Crippen LogP contribution in [-0.4, -0.2) is 23.4 Å². The standard InChI is InChI=1S/C16H22BrN3O/c1-4-9-20-16(14(17)11-19-20)15(18-5-2)12-7-6-8-13(10-12)21-3/h6-8,10-11,15,18H,4-5,9H2,1-3H3. The summed E-state index contributed by atoms with van der Waals surface area (Å²) in [5.74, 6) is 0.869. The zero-order chi connectivity index (χ0) is 15.2. The van der Waals surface area contributed by atoms with E-state index < -0.39 is 0 Å². The van der Waals surface area contributed by atoms with Crippen LogP contribution in [-0.2, 0) is 6.54 Å². The molecule has 0 amide bonds. The van der Waals surface area contributed by atoms with Crippen molar-refractivity contribution >= 4 is 15.9 Å². The van der Waals surface area contributed by atoms with Crippen molar-refractivity contribution < 1.29 is 4.74 Å². The van der Waals surface area contributed by atoms with Gasteiger partial charge in [0.05, 0.1) is 29.5 Å². The van der Waals surface area contributed by atoms with E-state index in [1.54, 1.807) is 7.11 Å². The summed E-state index contributed by atoms with van der Waals surface area (Å²) >= 11 is 3.64. The topological polar surface area (TPSA) is 39.1 Å². The molecule has 0 spiro atoms. The van der Waals surface area contributed by atoms with Crippen LogP contribution in [0.3, 0.4) is 0 Å². The monoisotopic (exact) mass is 351 g/mol. The molecule has 0 saturated heterocycles. The van der Waals surface area contributed by atoms with Crippen molar-refractivity contribution in [2.45, 2.75) is 32.9 Å². The zero-order valence-electron chi connectivity index (χ0n) is 12.8. The highest BCUT2D eigenvalue weighted by atomic mass is 79.9. The van der Waals surface area contributed by atoms with Crippen LogP contribution in [0.1, 0.15) is 37.6 Å². The quantitative estimate of drug-likeness (QED) is 0.825. The third-order valence-electron chi connectivity index (χ3n) is 3.38. The fourth-order valence-corrected chi connectivity index (χ4v) is 2.97. The summed E-state index contributed by atoms with van der Waals surface area (Å²) in [5, 5.41) is 8.02. The van der Waals surface area contributed by atoms with Gasteiger partial charge in [-0.2, -0.15) is 5.10 Å². The second kappa shape index (κ2) is 7.61. The smallest absolute Gasteiger partial charge is 0.119 e. The number of benzene rings is 1. The Morgan fingerprint density at radius 2 is 2.19 bits per heavy atom. The molecule has 0 aliphatic carbocycles. The molecule has 0 radical (unpaired) electrons. The molecule has 1 N–H and O–H groups in total. The van der Waals surface area contributed by atoms with Crippen LogP contribution in [0.25, 0.3) is 0 Å². The summed E-state index contributed by atoms with van der Waals surface area (Å²) in [6.07, 6.45) is 2.92. The predicted molar refractivity (Wildman–Crippen MR) is 88.7 cm³/mol. The van der Waals surface area contributed by atoms with Gasteiger partial charge in [-0.1, -0.05) is 26.0 Å². The summed E-state index contributed by atoms with van der Waals surface area (Å²) in [6, 6.07) is 8.26. The van der Waals surface area contributed by atoms with E-state index in [9.17, 15) is 0 Å². The lowest BCUT2D eigenvalue weighted by Gasteiger charge is -2.21. The Morgan fingerprint density at radius 3 is 2.86 bits per heavy atom. The van der Waals surface area contributed by atoms with Crippen LogP contribution in [0.2, 0.25) is 0 Å². The number of aromatic nitrogens is 2. The Bertz CT molecular complexity index is 583. The van der Waals surface area contributed by atoms with Gasteiger partial charge in [-0.05, 0) is 46.6 Å². The van der Waals surface area contributed by atoms with Gasteiger partial charge in [-0.15, -0.1) is 0 Å². The number of rotatable bonds is 7. The van der Waals surface area contributed by atoms with Crippen LogP contribution < -0.4 is 10.1 Å². The highest BCUT2D eigenvalue weighted by Gasteiger charge is 2.21. The van der Waals surface area contributed by atoms with Crippen molar-refractivity contribution in [1.82, 2.24) is 15.1 Å². The number of aryl methyl sites for hydroxylation is 1. The van der Waals surface area contributed by atoms with Crippen LogP contribution >= 0.6 is 15.9 Å². The van der Waals surface area contributed by atoms with Gasteiger partial charge in [0.25, 0.3) is 0 Å². The lowest BCUT2D eigenvalue weighted by atomic mass is 10.0. The Kier molecular flexibility index (Phi) is 5.82. The number of hydrogen-bond donors (Lipinski definition) is 1. The maximum absolute atomic E-state index is 5.35. The average Bonchev–Trinajstić information content (AvgIpc) is 2.86. The number of hydrogen-bond acceptors (Lipinski definition) is 3. The minimum atomic E-state index is 0.0912. The summed E-state index contributed by atoms with van der Waals surface area (Å²) in [4.78, 5) is 0. The van der Waals surface area contributed by atoms with Gasteiger partial charge in [0.1, 0.15) is 5.75 Å². The first-order chi connectivity index (χ1) is 10.2. The minimum Gasteiger partial charge on any atom is -0.497 e. The van der Waals surface area contributed by atoms with E-state index in [0.717, 1.165) is 35.4 Å². The van der Waals surface area contributed by atoms with Gasteiger partial charge in [-0.3, -0.25) is 4.68 Å². The minimum absolute atomic E-state index is 0.0912. The molecule has 0 aliphatic rings. The van der Waals surface area contributed by atoms with E-state index in [4.69, 9.17) is 4.74 Å². The average molecular weight is 352 g/mol. The maximum atomic E-state index is 5.35. The van der Waals surface area contributed by atoms with E-state index in [1.807, 2.05) is 18.3 Å². The molecule has 5 heteroatoms. The van der Waals surface area contributed by atoms with Crippen molar-refractivity contribution in [3.8, 4) is 5.75 Å². The van der Waals surface area contributed by atoms with Crippen LogP contribution in [0.15, 0.2) is 34.9 Å². The number of halogens is 1. The van der Waals surface area contributed by atoms with Crippen molar-refractivity contribution in [3.05, 3.63) is 46.2 Å². The zero-order valence-corrected chi connectivity index (χ0v) is 14.4. The SMILES string of the molecule is CCCn1ncc(Br)c1C(NCC)c1cccc(OC)c1. The predicted octanol–water partition coefficient (Wildman–Crippen LogP) is 3.76. The molecule has 2 aromatic rings. The second-order valence-corrected chi connectivity index (χ2v) is 5.72. The van der Waals surface area contributed by atoms with Gasteiger partial charge in [0, 0.05) is 6.54 Å². The molecule has 4 nitrogen and oxygen atoms in total. The van der Waals surface area contributed by atoms with Crippen LogP contribution in [0.5, 0.6) is 5.75 Å². The lowest BCUT2D eigenvalue weighted by molar-refractivity contribution is 0.413. The van der Waals surface area contributed by atoms with Crippen LogP contribution in [0.4, 0.5) is 0 Å². The molecule has 0 bridgehead atoms. The van der Waals surface area contributed by atoms with Crippen molar-refractivity contribution in [2.24, 2.45) is 0 Å². The molecule has 2 rings (SSSR count). The molecular formula is C16H22BrN3O. The van der Waals surface area contributed by atoms with E-state index in [-0.39, 0.29) is 6.04 Å². The van der Waals surface area contributed by atoms with Gasteiger partial charge >= 0.3 is 0 Å². The fraction of sp³-hybridized carbons (Fsp3) is 0.438. The first-order valence-corrected chi connectivity index (χ1v) is 8.09. The van der Waals surface area contributed by atoms with Crippen molar-refractivity contribution in [2.75, 3.05) is 13.7 Å². The number of nitrogens with zero attached hydrogens (tertiary/aromatic N) is 2. The molecule has 0 aliphatic heterocycles. The van der Waals surface area contributed by atoms with Crippen LogP contribution in [0, 0.1) is 0 Å². The van der Waals surface area contributed by atoms with Crippen molar-refractivity contribution in [1.29, 1.82) is 0 Å². The van der Waals surface area contributed by atoms with Crippen molar-refractivity contribution in [3.63, 3.8) is 0 Å². The van der Waals surface area contributed by atoms with Gasteiger partial charge in [-0.25, -0.2) is 0 Å². The van der Waals surface area contributed by atoms with E-state index in [1.165, 1.54) is 5.56 Å². The normalized spacial score (nSPS) is 12.4. The highest BCUT2D eigenvalue weighted by molar-refractivity contribution is 9.10. The number of ether oxygens (including phenoxy) is 1. The summed E-state index contributed by atoms with van der Waals surface area (Å²) in [5.41, 5.74) is 2.33. The first kappa shape index (κ1) is 16.0. The van der Waals surface area contributed by atoms with E-state index in [2.05, 4.69) is 57.0 Å². The lowest BCUT2D eigenvalue weighted by Crippen LogP contribution is -2.25. The third-order valence-corrected chi connectivity index (χ3v) is 3.99. The molecular weight excluding hydrogens is 330 g/mol. The largest absolute Gasteiger partial charge is 0.497 e. The highest BCUT2D eigenvalue weighted by Crippen LogP contribution is 2.30. The molecule has 1 atom stereocenters. The molecule has 1 heterocycles. The third kappa shape index (κ3) is 3.66. The molecule has 1 aromatic heterocycles. The van der Waals surface area contributed by atoms with Gasteiger partial charge in [0.2, 0.25) is 0 Å². The molecule has 0 fully saturated rings. The van der Waals surface area contributed by atoms with E-state index in [0.29, 0.717) is 0 Å². The Labute approximate surface area is 134 Å². The van der Waals surface area contributed by atoms with Gasteiger partial charge < -0.3 is 10.1 Å². The first-order valence-electron chi connectivity index (χ1n) is 7.29. The number of methoxy groups -OCH3 is 1. The summed E-state index contributed by atoms with van der Waals surface area (Å²) in [7, 11) is 1.69. The van der Waals surface area contributed by atoms with E-state index >= 15 is 0 Å². The molecule has 114 valence electrons. The molecule has 0 saturated carbocycles. The Morgan fingerprint density at radius 1 is 1.38 bits per heavy atom. The number of nitrogens with one attached hydrogen (secondary N) is 1. The van der Waals surface area contributed by atoms with Gasteiger partial charge in [0.15, 0.2) is 0 Å². The summed E-state index contributed by atoms with van der Waals surface area (Å²) < 4.78 is 8.45. The molecule has 21 heavy (non-hydrogen) atoms. The molecule has 1 aromatic carbocycles. The Hall–Kier alpha value is -1.33. The maximum Gasteiger partial charge on any atom is 0.119 e. The second-order valence-electron chi connectivity index (χ2n) is 4.87.